The number of nitrogens with one attached hydrogen (secondary N) is 1. The topological polar surface area (TPSA) is 15.3 Å². The first-order chi connectivity index (χ1) is 10.1. The van der Waals surface area contributed by atoms with E-state index in [1.165, 1.54) is 24.8 Å². The molecule has 0 aromatic heterocycles. The lowest BCUT2D eigenvalue weighted by molar-refractivity contribution is 0.0718. The van der Waals surface area contributed by atoms with E-state index < -0.39 is 0 Å². The minimum atomic E-state index is 0.480. The highest BCUT2D eigenvalue weighted by Crippen LogP contribution is 2.26. The maximum absolute atomic E-state index is 3.78. The summed E-state index contributed by atoms with van der Waals surface area (Å²) >= 11 is 0. The van der Waals surface area contributed by atoms with E-state index in [4.69, 9.17) is 0 Å². The van der Waals surface area contributed by atoms with Crippen molar-refractivity contribution < 1.29 is 0 Å². The van der Waals surface area contributed by atoms with Gasteiger partial charge in [0.05, 0.1) is 0 Å². The van der Waals surface area contributed by atoms with E-state index in [2.05, 4.69) is 68.2 Å². The molecular weight excluding hydrogens is 256 g/mol. The van der Waals surface area contributed by atoms with Crippen molar-refractivity contribution in [3.63, 3.8) is 0 Å². The van der Waals surface area contributed by atoms with Crippen molar-refractivity contribution in [3.8, 4) is 0 Å². The highest BCUT2D eigenvalue weighted by molar-refractivity contribution is 5.20. The Balaban J connectivity index is 2.08. The fourth-order valence-corrected chi connectivity index (χ4v) is 3.61. The normalized spacial score (nSPS) is 25.2. The van der Waals surface area contributed by atoms with Gasteiger partial charge in [-0.3, -0.25) is 4.90 Å². The number of benzene rings is 1. The third-order valence-electron chi connectivity index (χ3n) is 4.68. The van der Waals surface area contributed by atoms with E-state index >= 15 is 0 Å². The van der Waals surface area contributed by atoms with E-state index in [0.717, 1.165) is 19.0 Å². The zero-order chi connectivity index (χ0) is 15.2. The monoisotopic (exact) mass is 288 g/mol. The Morgan fingerprint density at radius 1 is 1.19 bits per heavy atom. The van der Waals surface area contributed by atoms with Gasteiger partial charge in [0.15, 0.2) is 0 Å². The van der Waals surface area contributed by atoms with Crippen LogP contribution in [0.15, 0.2) is 30.3 Å². The van der Waals surface area contributed by atoms with Gasteiger partial charge in [-0.15, -0.1) is 0 Å². The smallest absolute Gasteiger partial charge is 0.0450 e. The first kappa shape index (κ1) is 16.5. The van der Waals surface area contributed by atoms with Crippen LogP contribution < -0.4 is 5.32 Å². The Morgan fingerprint density at radius 3 is 2.52 bits per heavy atom. The van der Waals surface area contributed by atoms with Gasteiger partial charge < -0.3 is 5.32 Å². The van der Waals surface area contributed by atoms with Gasteiger partial charge in [-0.2, -0.15) is 0 Å². The number of piperazine rings is 1. The van der Waals surface area contributed by atoms with Crippen LogP contribution in [0.3, 0.4) is 0 Å². The van der Waals surface area contributed by atoms with Gasteiger partial charge >= 0.3 is 0 Å². The van der Waals surface area contributed by atoms with Crippen molar-refractivity contribution in [3.05, 3.63) is 35.9 Å². The van der Waals surface area contributed by atoms with Crippen LogP contribution in [-0.4, -0.2) is 30.1 Å². The van der Waals surface area contributed by atoms with Crippen LogP contribution in [0.1, 0.15) is 58.6 Å². The second kappa shape index (κ2) is 7.95. The van der Waals surface area contributed by atoms with Crippen molar-refractivity contribution in [1.29, 1.82) is 0 Å². The van der Waals surface area contributed by atoms with E-state index in [1.807, 2.05) is 0 Å². The largest absolute Gasteiger partial charge is 0.307 e. The van der Waals surface area contributed by atoms with Crippen molar-refractivity contribution in [2.45, 2.75) is 65.1 Å². The van der Waals surface area contributed by atoms with Crippen LogP contribution in [0, 0.1) is 5.92 Å². The summed E-state index contributed by atoms with van der Waals surface area (Å²) in [6.45, 7) is 11.6. The molecule has 1 aliphatic heterocycles. The summed E-state index contributed by atoms with van der Waals surface area (Å²) in [6.07, 6.45) is 3.87. The lowest BCUT2D eigenvalue weighted by Crippen LogP contribution is -2.56. The molecular formula is C19H32N2. The average Bonchev–Trinajstić information content (AvgIpc) is 2.48. The molecule has 3 atom stereocenters. The Labute approximate surface area is 130 Å². The summed E-state index contributed by atoms with van der Waals surface area (Å²) in [5, 5.41) is 3.78. The highest BCUT2D eigenvalue weighted by Gasteiger charge is 2.31. The molecule has 0 saturated carbocycles. The average molecular weight is 288 g/mol. The van der Waals surface area contributed by atoms with Gasteiger partial charge in [0, 0.05) is 31.2 Å². The van der Waals surface area contributed by atoms with Crippen LogP contribution in [0.5, 0.6) is 0 Å². The summed E-state index contributed by atoms with van der Waals surface area (Å²) in [5.74, 6) is 0.765. The van der Waals surface area contributed by atoms with Crippen LogP contribution in [0.25, 0.3) is 0 Å². The molecule has 0 radical (unpaired) electrons. The third kappa shape index (κ3) is 4.55. The summed E-state index contributed by atoms with van der Waals surface area (Å²) < 4.78 is 0. The molecule has 2 rings (SSSR count). The van der Waals surface area contributed by atoms with E-state index in [1.54, 1.807) is 0 Å². The first-order valence-electron chi connectivity index (χ1n) is 8.65. The maximum atomic E-state index is 3.78. The minimum Gasteiger partial charge on any atom is -0.307 e. The Morgan fingerprint density at radius 2 is 1.90 bits per heavy atom. The van der Waals surface area contributed by atoms with Crippen LogP contribution in [0.2, 0.25) is 0 Å². The second-order valence-electron chi connectivity index (χ2n) is 6.99. The van der Waals surface area contributed by atoms with Crippen molar-refractivity contribution >= 4 is 0 Å². The molecule has 2 nitrogen and oxygen atoms in total. The Kier molecular flexibility index (Phi) is 6.25. The SMILES string of the molecule is CCCC(C)N1CC(c2ccccc2)NCC1CC(C)C. The molecule has 0 aliphatic carbocycles. The highest BCUT2D eigenvalue weighted by atomic mass is 15.3. The molecule has 1 saturated heterocycles. The molecule has 1 aromatic carbocycles. The zero-order valence-corrected chi connectivity index (χ0v) is 14.2. The standard InChI is InChI=1S/C19H32N2/c1-5-9-16(4)21-14-19(17-10-7-6-8-11-17)20-13-18(21)12-15(2)3/h6-8,10-11,15-16,18-20H,5,9,12-14H2,1-4H3. The molecule has 0 bridgehead atoms. The van der Waals surface area contributed by atoms with Crippen molar-refractivity contribution in [1.82, 2.24) is 10.2 Å². The number of rotatable bonds is 6. The molecule has 2 heteroatoms. The Hall–Kier alpha value is -0.860. The lowest BCUT2D eigenvalue weighted by atomic mass is 9.94. The first-order valence-corrected chi connectivity index (χ1v) is 8.65. The summed E-state index contributed by atoms with van der Waals surface area (Å²) in [5.41, 5.74) is 1.43. The van der Waals surface area contributed by atoms with E-state index in [-0.39, 0.29) is 0 Å². The molecule has 1 N–H and O–H groups in total. The lowest BCUT2D eigenvalue weighted by Gasteiger charge is -2.44. The van der Waals surface area contributed by atoms with Crippen molar-refractivity contribution in [2.24, 2.45) is 5.92 Å². The van der Waals surface area contributed by atoms with Crippen LogP contribution in [-0.2, 0) is 0 Å². The third-order valence-corrected chi connectivity index (χ3v) is 4.68. The molecule has 118 valence electrons. The van der Waals surface area contributed by atoms with Gasteiger partial charge in [-0.1, -0.05) is 57.5 Å². The van der Waals surface area contributed by atoms with Gasteiger partial charge in [0.1, 0.15) is 0 Å². The summed E-state index contributed by atoms with van der Waals surface area (Å²) in [4.78, 5) is 2.76. The maximum Gasteiger partial charge on any atom is 0.0450 e. The summed E-state index contributed by atoms with van der Waals surface area (Å²) in [6, 6.07) is 12.8. The van der Waals surface area contributed by atoms with E-state index in [0.29, 0.717) is 18.1 Å². The molecule has 1 fully saturated rings. The molecule has 1 heterocycles. The summed E-state index contributed by atoms with van der Waals surface area (Å²) in [7, 11) is 0. The van der Waals surface area contributed by atoms with Crippen LogP contribution in [0.4, 0.5) is 0 Å². The number of nitrogens with zero attached hydrogens (tertiary/aromatic N) is 1. The number of hydrogen-bond acceptors (Lipinski definition) is 2. The van der Waals surface area contributed by atoms with Gasteiger partial charge in [-0.05, 0) is 31.2 Å². The Bertz CT molecular complexity index is 401. The fourth-order valence-electron chi connectivity index (χ4n) is 3.61. The predicted molar refractivity (Wildman–Crippen MR) is 91.5 cm³/mol. The number of hydrogen-bond donors (Lipinski definition) is 1. The predicted octanol–water partition coefficient (Wildman–Crippen LogP) is 4.24. The molecule has 0 spiro atoms. The molecule has 21 heavy (non-hydrogen) atoms. The molecule has 1 aliphatic rings. The zero-order valence-electron chi connectivity index (χ0n) is 14.2. The second-order valence-corrected chi connectivity index (χ2v) is 6.99. The van der Waals surface area contributed by atoms with Crippen LogP contribution >= 0.6 is 0 Å². The molecule has 3 unspecified atom stereocenters. The fraction of sp³-hybridized carbons (Fsp3) is 0.684. The molecule has 1 aromatic rings. The molecule has 0 amide bonds. The van der Waals surface area contributed by atoms with Gasteiger partial charge in [0.25, 0.3) is 0 Å². The quantitative estimate of drug-likeness (QED) is 0.842. The van der Waals surface area contributed by atoms with Crippen molar-refractivity contribution in [2.75, 3.05) is 13.1 Å². The van der Waals surface area contributed by atoms with Gasteiger partial charge in [-0.25, -0.2) is 0 Å². The minimum absolute atomic E-state index is 0.480. The van der Waals surface area contributed by atoms with E-state index in [9.17, 15) is 0 Å². The van der Waals surface area contributed by atoms with Gasteiger partial charge in [0.2, 0.25) is 0 Å².